The van der Waals surface area contributed by atoms with Crippen molar-refractivity contribution in [2.75, 3.05) is 0 Å². The molecule has 0 aliphatic rings. The molecular formula is C20H12F3NO. The Morgan fingerprint density at radius 2 is 1.72 bits per heavy atom. The smallest absolute Gasteiger partial charge is 0.131 e. The van der Waals surface area contributed by atoms with Crippen molar-refractivity contribution in [3.05, 3.63) is 89.2 Å². The maximum atomic E-state index is 14.0. The number of halogens is 3. The molecule has 0 saturated carbocycles. The number of benzene rings is 3. The van der Waals surface area contributed by atoms with E-state index in [4.69, 9.17) is 10.00 Å². The molecule has 0 atom stereocenters. The first-order valence-electron chi connectivity index (χ1n) is 7.43. The normalized spacial score (nSPS) is 10.3. The molecule has 0 fully saturated rings. The van der Waals surface area contributed by atoms with E-state index in [0.29, 0.717) is 11.3 Å². The highest BCUT2D eigenvalue weighted by Gasteiger charge is 2.09. The van der Waals surface area contributed by atoms with Gasteiger partial charge in [-0.3, -0.25) is 0 Å². The standard InChI is InChI=1S/C20H12F3NO/c21-16-3-1-2-14(9-16)18-10-17(6-7-19(18)22)25-12-15-5-4-13(11-24)8-20(15)23/h1-10H,12H2. The molecule has 0 aliphatic carbocycles. The minimum atomic E-state index is -0.550. The van der Waals surface area contributed by atoms with Gasteiger partial charge in [-0.15, -0.1) is 0 Å². The molecule has 3 aromatic rings. The van der Waals surface area contributed by atoms with Gasteiger partial charge in [0.2, 0.25) is 0 Å². The lowest BCUT2D eigenvalue weighted by atomic mass is 10.0. The highest BCUT2D eigenvalue weighted by atomic mass is 19.1. The van der Waals surface area contributed by atoms with Crippen molar-refractivity contribution in [1.82, 2.24) is 0 Å². The minimum Gasteiger partial charge on any atom is -0.489 e. The Kier molecular flexibility index (Phi) is 4.71. The fraction of sp³-hybridized carbons (Fsp3) is 0.0500. The molecule has 3 aromatic carbocycles. The average molecular weight is 339 g/mol. The van der Waals surface area contributed by atoms with Gasteiger partial charge in [0.05, 0.1) is 11.6 Å². The first-order valence-corrected chi connectivity index (χ1v) is 7.43. The predicted molar refractivity (Wildman–Crippen MR) is 87.2 cm³/mol. The number of rotatable bonds is 4. The molecule has 0 unspecified atom stereocenters. The molecule has 0 radical (unpaired) electrons. The second-order valence-electron chi connectivity index (χ2n) is 5.36. The van der Waals surface area contributed by atoms with E-state index in [-0.39, 0.29) is 23.3 Å². The van der Waals surface area contributed by atoms with Gasteiger partial charge in [-0.05, 0) is 48.0 Å². The third-order valence-electron chi connectivity index (χ3n) is 3.65. The fourth-order valence-corrected chi connectivity index (χ4v) is 2.37. The molecule has 0 aromatic heterocycles. The van der Waals surface area contributed by atoms with Crippen LogP contribution in [0.2, 0.25) is 0 Å². The zero-order valence-corrected chi connectivity index (χ0v) is 13.0. The van der Waals surface area contributed by atoms with Crippen molar-refractivity contribution in [2.24, 2.45) is 0 Å². The van der Waals surface area contributed by atoms with Crippen molar-refractivity contribution in [3.63, 3.8) is 0 Å². The molecule has 0 bridgehead atoms. The van der Waals surface area contributed by atoms with Crippen LogP contribution in [0.4, 0.5) is 13.2 Å². The summed E-state index contributed by atoms with van der Waals surface area (Å²) in [6, 6.07) is 15.6. The summed E-state index contributed by atoms with van der Waals surface area (Å²) in [5.41, 5.74) is 1.07. The second-order valence-corrected chi connectivity index (χ2v) is 5.36. The molecule has 0 spiro atoms. The molecule has 25 heavy (non-hydrogen) atoms. The quantitative estimate of drug-likeness (QED) is 0.653. The van der Waals surface area contributed by atoms with E-state index in [2.05, 4.69) is 0 Å². The van der Waals surface area contributed by atoms with Crippen LogP contribution in [0.1, 0.15) is 11.1 Å². The highest BCUT2D eigenvalue weighted by Crippen LogP contribution is 2.28. The zero-order chi connectivity index (χ0) is 17.8. The molecule has 0 aliphatic heterocycles. The summed E-state index contributed by atoms with van der Waals surface area (Å²) in [7, 11) is 0. The number of nitrogens with zero attached hydrogens (tertiary/aromatic N) is 1. The van der Waals surface area contributed by atoms with E-state index in [1.54, 1.807) is 6.07 Å². The van der Waals surface area contributed by atoms with Gasteiger partial charge in [0, 0.05) is 11.1 Å². The first-order chi connectivity index (χ1) is 12.1. The summed E-state index contributed by atoms with van der Waals surface area (Å²) < 4.78 is 46.7. The Morgan fingerprint density at radius 1 is 0.880 bits per heavy atom. The molecule has 5 heteroatoms. The topological polar surface area (TPSA) is 33.0 Å². The van der Waals surface area contributed by atoms with Crippen molar-refractivity contribution < 1.29 is 17.9 Å². The number of ether oxygens (including phenoxy) is 1. The van der Waals surface area contributed by atoms with Crippen molar-refractivity contribution in [1.29, 1.82) is 5.26 Å². The Balaban J connectivity index is 1.82. The summed E-state index contributed by atoms with van der Waals surface area (Å²) >= 11 is 0. The molecule has 3 rings (SSSR count). The molecule has 124 valence electrons. The number of hydrogen-bond acceptors (Lipinski definition) is 2. The Hall–Kier alpha value is -3.26. The molecule has 0 saturated heterocycles. The van der Waals surface area contributed by atoms with Gasteiger partial charge < -0.3 is 4.74 Å². The van der Waals surface area contributed by atoms with Crippen molar-refractivity contribution in [2.45, 2.75) is 6.61 Å². The summed E-state index contributed by atoms with van der Waals surface area (Å²) in [6.45, 7) is -0.0776. The van der Waals surface area contributed by atoms with Crippen LogP contribution in [-0.2, 0) is 6.61 Å². The zero-order valence-electron chi connectivity index (χ0n) is 13.0. The van der Waals surface area contributed by atoms with E-state index >= 15 is 0 Å². The molecule has 0 heterocycles. The van der Waals surface area contributed by atoms with Crippen molar-refractivity contribution in [3.8, 4) is 22.9 Å². The van der Waals surface area contributed by atoms with Crippen LogP contribution in [0.5, 0.6) is 5.75 Å². The van der Waals surface area contributed by atoms with E-state index in [1.165, 1.54) is 48.5 Å². The van der Waals surface area contributed by atoms with Crippen LogP contribution in [0, 0.1) is 28.8 Å². The van der Waals surface area contributed by atoms with Gasteiger partial charge in [-0.1, -0.05) is 18.2 Å². The molecular weight excluding hydrogens is 327 g/mol. The Morgan fingerprint density at radius 3 is 2.44 bits per heavy atom. The summed E-state index contributed by atoms with van der Waals surface area (Å²) in [5.74, 6) is -1.21. The second kappa shape index (κ2) is 7.10. The highest BCUT2D eigenvalue weighted by molar-refractivity contribution is 5.65. The summed E-state index contributed by atoms with van der Waals surface area (Å²) in [5, 5.41) is 8.73. The Labute approximate surface area is 142 Å². The maximum absolute atomic E-state index is 14.0. The third-order valence-corrected chi connectivity index (χ3v) is 3.65. The van der Waals surface area contributed by atoms with Crippen LogP contribution in [0.25, 0.3) is 11.1 Å². The average Bonchev–Trinajstić information content (AvgIpc) is 2.61. The van der Waals surface area contributed by atoms with Crippen LogP contribution < -0.4 is 4.74 Å². The fourth-order valence-electron chi connectivity index (χ4n) is 2.37. The lowest BCUT2D eigenvalue weighted by molar-refractivity contribution is 0.299. The lowest BCUT2D eigenvalue weighted by Gasteiger charge is -2.10. The van der Waals surface area contributed by atoms with Gasteiger partial charge >= 0.3 is 0 Å². The van der Waals surface area contributed by atoms with Gasteiger partial charge in [0.15, 0.2) is 0 Å². The first kappa shape index (κ1) is 16.6. The van der Waals surface area contributed by atoms with Crippen LogP contribution in [0.3, 0.4) is 0 Å². The monoisotopic (exact) mass is 339 g/mol. The summed E-state index contributed by atoms with van der Waals surface area (Å²) in [4.78, 5) is 0. The number of hydrogen-bond donors (Lipinski definition) is 0. The molecule has 2 nitrogen and oxygen atoms in total. The van der Waals surface area contributed by atoms with E-state index in [9.17, 15) is 13.2 Å². The maximum Gasteiger partial charge on any atom is 0.131 e. The van der Waals surface area contributed by atoms with Gasteiger partial charge in [-0.25, -0.2) is 13.2 Å². The summed E-state index contributed by atoms with van der Waals surface area (Å²) in [6.07, 6.45) is 0. The third kappa shape index (κ3) is 3.81. The largest absolute Gasteiger partial charge is 0.489 e. The van der Waals surface area contributed by atoms with Crippen LogP contribution in [0.15, 0.2) is 60.7 Å². The van der Waals surface area contributed by atoms with E-state index in [0.717, 1.165) is 6.07 Å². The molecule has 0 N–H and O–H groups in total. The number of nitriles is 1. The van der Waals surface area contributed by atoms with Gasteiger partial charge in [-0.2, -0.15) is 5.26 Å². The Bertz CT molecular complexity index is 963. The van der Waals surface area contributed by atoms with E-state index < -0.39 is 17.5 Å². The van der Waals surface area contributed by atoms with Gasteiger partial charge in [0.1, 0.15) is 29.8 Å². The predicted octanol–water partition coefficient (Wildman–Crippen LogP) is 5.22. The lowest BCUT2D eigenvalue weighted by Crippen LogP contribution is -1.99. The van der Waals surface area contributed by atoms with E-state index in [1.807, 2.05) is 6.07 Å². The molecule has 0 amide bonds. The minimum absolute atomic E-state index is 0.0776. The van der Waals surface area contributed by atoms with Crippen LogP contribution in [-0.4, -0.2) is 0 Å². The van der Waals surface area contributed by atoms with Crippen molar-refractivity contribution >= 4 is 0 Å². The van der Waals surface area contributed by atoms with Gasteiger partial charge in [0.25, 0.3) is 0 Å². The van der Waals surface area contributed by atoms with Crippen LogP contribution >= 0.6 is 0 Å². The SMILES string of the molecule is N#Cc1ccc(COc2ccc(F)c(-c3cccc(F)c3)c2)c(F)c1.